The third kappa shape index (κ3) is 3.48. The number of aliphatic hydroxyl groups excluding tert-OH is 1. The quantitative estimate of drug-likeness (QED) is 0.547. The van der Waals surface area contributed by atoms with E-state index in [2.05, 4.69) is 59.0 Å². The lowest BCUT2D eigenvalue weighted by molar-refractivity contribution is 0.139. The first-order chi connectivity index (χ1) is 6.02. The van der Waals surface area contributed by atoms with Gasteiger partial charge in [-0.05, 0) is 37.0 Å². The molecule has 0 radical (unpaired) electrons. The standard InChI is InChI=1S/C10H18I2O/c1-6-3-4-8(5-9(6)11)7(2)10(12)13/h6-10,13H,3-5H2,1-2H3. The molecular weight excluding hydrogens is 390 g/mol. The van der Waals surface area contributed by atoms with Crippen molar-refractivity contribution in [1.29, 1.82) is 0 Å². The Bertz CT molecular complexity index is 161. The Kier molecular flexibility index (Phi) is 5.27. The Hall–Kier alpha value is 1.42. The van der Waals surface area contributed by atoms with Gasteiger partial charge >= 0.3 is 0 Å². The Morgan fingerprint density at radius 1 is 1.38 bits per heavy atom. The van der Waals surface area contributed by atoms with E-state index in [1.54, 1.807) is 0 Å². The summed E-state index contributed by atoms with van der Waals surface area (Å²) < 4.78 is 0.647. The van der Waals surface area contributed by atoms with E-state index in [4.69, 9.17) is 0 Å². The molecular formula is C10H18I2O. The van der Waals surface area contributed by atoms with Gasteiger partial charge in [0.1, 0.15) is 4.11 Å². The number of halogens is 2. The van der Waals surface area contributed by atoms with Crippen LogP contribution in [0.2, 0.25) is 0 Å². The molecule has 0 amide bonds. The Balaban J connectivity index is 2.45. The number of hydrogen-bond donors (Lipinski definition) is 1. The SMILES string of the molecule is CC1CCC(C(C)C(O)I)CC1I. The molecule has 5 atom stereocenters. The van der Waals surface area contributed by atoms with Crippen molar-refractivity contribution in [2.75, 3.05) is 0 Å². The summed E-state index contributed by atoms with van der Waals surface area (Å²) in [7, 11) is 0. The van der Waals surface area contributed by atoms with Crippen molar-refractivity contribution in [1.82, 2.24) is 0 Å². The van der Waals surface area contributed by atoms with Crippen LogP contribution < -0.4 is 0 Å². The fourth-order valence-electron chi connectivity index (χ4n) is 2.00. The van der Waals surface area contributed by atoms with Crippen molar-refractivity contribution in [3.8, 4) is 0 Å². The van der Waals surface area contributed by atoms with E-state index in [0.717, 1.165) is 15.8 Å². The van der Waals surface area contributed by atoms with Crippen LogP contribution in [0.1, 0.15) is 33.1 Å². The van der Waals surface area contributed by atoms with E-state index in [0.29, 0.717) is 5.92 Å². The first kappa shape index (κ1) is 12.5. The van der Waals surface area contributed by atoms with E-state index >= 15 is 0 Å². The van der Waals surface area contributed by atoms with Crippen LogP contribution in [-0.2, 0) is 0 Å². The van der Waals surface area contributed by atoms with Gasteiger partial charge in [-0.15, -0.1) is 0 Å². The molecule has 5 unspecified atom stereocenters. The summed E-state index contributed by atoms with van der Waals surface area (Å²) in [5, 5.41) is 9.51. The molecule has 0 aromatic carbocycles. The summed E-state index contributed by atoms with van der Waals surface area (Å²) in [6.45, 7) is 4.53. The van der Waals surface area contributed by atoms with Gasteiger partial charge in [-0.2, -0.15) is 0 Å². The van der Waals surface area contributed by atoms with Gasteiger partial charge in [-0.3, -0.25) is 0 Å². The molecule has 1 rings (SSSR count). The fourth-order valence-corrected chi connectivity index (χ4v) is 3.60. The molecule has 1 aliphatic carbocycles. The molecule has 13 heavy (non-hydrogen) atoms. The first-order valence-corrected chi connectivity index (χ1v) is 7.47. The Labute approximate surface area is 108 Å². The lowest BCUT2D eigenvalue weighted by Gasteiger charge is -2.35. The van der Waals surface area contributed by atoms with Crippen molar-refractivity contribution < 1.29 is 5.11 Å². The molecule has 0 bridgehead atoms. The highest BCUT2D eigenvalue weighted by atomic mass is 127. The zero-order valence-electron chi connectivity index (χ0n) is 8.21. The van der Waals surface area contributed by atoms with Crippen molar-refractivity contribution in [3.63, 3.8) is 0 Å². The van der Waals surface area contributed by atoms with Gasteiger partial charge in [0.2, 0.25) is 0 Å². The molecule has 1 fully saturated rings. The van der Waals surface area contributed by atoms with Crippen LogP contribution in [0.15, 0.2) is 0 Å². The second-order valence-electron chi connectivity index (χ2n) is 4.30. The number of alkyl halides is 2. The van der Waals surface area contributed by atoms with Crippen molar-refractivity contribution in [3.05, 3.63) is 0 Å². The smallest absolute Gasteiger partial charge is 0.108 e. The highest BCUT2D eigenvalue weighted by molar-refractivity contribution is 14.1. The zero-order valence-corrected chi connectivity index (χ0v) is 12.5. The van der Waals surface area contributed by atoms with Crippen LogP contribution in [0.4, 0.5) is 0 Å². The molecule has 3 heteroatoms. The van der Waals surface area contributed by atoms with E-state index in [-0.39, 0.29) is 4.11 Å². The average molecular weight is 408 g/mol. The average Bonchev–Trinajstić information content (AvgIpc) is 2.08. The topological polar surface area (TPSA) is 20.2 Å². The molecule has 0 heterocycles. The van der Waals surface area contributed by atoms with E-state index in [9.17, 15) is 5.11 Å². The third-order valence-corrected chi connectivity index (χ3v) is 6.19. The highest BCUT2D eigenvalue weighted by Crippen LogP contribution is 2.39. The van der Waals surface area contributed by atoms with Crippen LogP contribution in [0, 0.1) is 17.8 Å². The van der Waals surface area contributed by atoms with Crippen LogP contribution in [0.25, 0.3) is 0 Å². The number of aliphatic hydroxyl groups is 1. The number of rotatable bonds is 2. The predicted molar refractivity (Wildman–Crippen MR) is 73.5 cm³/mol. The Morgan fingerprint density at radius 3 is 2.46 bits per heavy atom. The lowest BCUT2D eigenvalue weighted by atomic mass is 9.77. The van der Waals surface area contributed by atoms with Gasteiger partial charge in [0.15, 0.2) is 0 Å². The van der Waals surface area contributed by atoms with Crippen molar-refractivity contribution in [2.45, 2.75) is 41.1 Å². The summed E-state index contributed by atoms with van der Waals surface area (Å²) in [6.07, 6.45) is 3.94. The maximum absolute atomic E-state index is 9.51. The molecule has 0 aromatic heterocycles. The molecule has 0 spiro atoms. The zero-order chi connectivity index (χ0) is 10.0. The molecule has 0 aliphatic heterocycles. The van der Waals surface area contributed by atoms with E-state index in [1.807, 2.05) is 0 Å². The highest BCUT2D eigenvalue weighted by Gasteiger charge is 2.31. The normalized spacial score (nSPS) is 39.9. The predicted octanol–water partition coefficient (Wildman–Crippen LogP) is 3.62. The largest absolute Gasteiger partial charge is 0.382 e. The van der Waals surface area contributed by atoms with Gasteiger partial charge in [0.25, 0.3) is 0 Å². The maximum atomic E-state index is 9.51. The molecule has 0 saturated heterocycles. The fraction of sp³-hybridized carbons (Fsp3) is 1.00. The van der Waals surface area contributed by atoms with E-state index < -0.39 is 0 Å². The van der Waals surface area contributed by atoms with Crippen molar-refractivity contribution >= 4 is 45.2 Å². The van der Waals surface area contributed by atoms with Gasteiger partial charge in [-0.1, -0.05) is 59.0 Å². The van der Waals surface area contributed by atoms with Crippen LogP contribution in [-0.4, -0.2) is 13.1 Å². The first-order valence-electron chi connectivity index (χ1n) is 4.98. The van der Waals surface area contributed by atoms with Crippen LogP contribution in [0.5, 0.6) is 0 Å². The lowest BCUT2D eigenvalue weighted by Crippen LogP contribution is -2.30. The second kappa shape index (κ2) is 5.49. The number of hydrogen-bond acceptors (Lipinski definition) is 1. The van der Waals surface area contributed by atoms with Gasteiger partial charge in [-0.25, -0.2) is 0 Å². The van der Waals surface area contributed by atoms with Gasteiger partial charge in [0, 0.05) is 3.92 Å². The minimum atomic E-state index is -0.167. The molecule has 78 valence electrons. The summed E-state index contributed by atoms with van der Waals surface area (Å²) in [4.78, 5) is 0. The summed E-state index contributed by atoms with van der Waals surface area (Å²) in [6, 6.07) is 0. The summed E-state index contributed by atoms with van der Waals surface area (Å²) in [5.41, 5.74) is 0. The minimum Gasteiger partial charge on any atom is -0.382 e. The minimum absolute atomic E-state index is 0.167. The molecule has 1 aliphatic rings. The molecule has 1 N–H and O–H groups in total. The third-order valence-electron chi connectivity index (χ3n) is 3.32. The summed E-state index contributed by atoms with van der Waals surface area (Å²) >= 11 is 4.71. The molecule has 1 saturated carbocycles. The van der Waals surface area contributed by atoms with E-state index in [1.165, 1.54) is 19.3 Å². The Morgan fingerprint density at radius 2 is 2.00 bits per heavy atom. The van der Waals surface area contributed by atoms with Crippen LogP contribution in [0.3, 0.4) is 0 Å². The monoisotopic (exact) mass is 408 g/mol. The maximum Gasteiger partial charge on any atom is 0.108 e. The molecule has 1 nitrogen and oxygen atoms in total. The summed E-state index contributed by atoms with van der Waals surface area (Å²) in [5.74, 6) is 2.07. The molecule has 0 aromatic rings. The van der Waals surface area contributed by atoms with Crippen molar-refractivity contribution in [2.24, 2.45) is 17.8 Å². The van der Waals surface area contributed by atoms with Crippen LogP contribution >= 0.6 is 45.2 Å². The van der Waals surface area contributed by atoms with Gasteiger partial charge in [0.05, 0.1) is 0 Å². The van der Waals surface area contributed by atoms with Gasteiger partial charge < -0.3 is 5.11 Å². The second-order valence-corrected chi connectivity index (χ2v) is 7.17.